The van der Waals surface area contributed by atoms with Crippen LogP contribution in [0.4, 0.5) is 0 Å². The topological polar surface area (TPSA) is 105 Å². The summed E-state index contributed by atoms with van der Waals surface area (Å²) in [7, 11) is 1.59. The summed E-state index contributed by atoms with van der Waals surface area (Å²) in [4.78, 5) is 23.4. The Balaban J connectivity index is 4.02. The molecule has 8 nitrogen and oxygen atoms in total. The molecule has 0 fully saturated rings. The first-order chi connectivity index (χ1) is 36.0. The van der Waals surface area contributed by atoms with Crippen molar-refractivity contribution in [2.24, 2.45) is 0 Å². The number of phosphoric acid groups is 1. The van der Waals surface area contributed by atoms with Gasteiger partial charge in [0.1, 0.15) is 13.2 Å². The number of hydrogen-bond acceptors (Lipinski definition) is 5. The van der Waals surface area contributed by atoms with E-state index in [4.69, 9.17) is 9.05 Å². The molecule has 0 aliphatic rings. The second kappa shape index (κ2) is 56.7. The molecule has 0 radical (unpaired) electrons. The van der Waals surface area contributed by atoms with Gasteiger partial charge in [0.25, 0.3) is 0 Å². The van der Waals surface area contributed by atoms with E-state index in [0.29, 0.717) is 17.4 Å². The van der Waals surface area contributed by atoms with Crippen LogP contribution in [-0.4, -0.2) is 73.4 Å². The van der Waals surface area contributed by atoms with Gasteiger partial charge in [0, 0.05) is 6.42 Å². The van der Waals surface area contributed by atoms with Gasteiger partial charge in [0.15, 0.2) is 0 Å². The molecule has 0 aliphatic carbocycles. The maximum atomic E-state index is 13.0. The molecule has 0 aromatic carbocycles. The summed E-state index contributed by atoms with van der Waals surface area (Å²) < 4.78 is 23.8. The van der Waals surface area contributed by atoms with Gasteiger partial charge in [-0.3, -0.25) is 13.8 Å². The summed E-state index contributed by atoms with van der Waals surface area (Å²) in [6.07, 6.45) is 73.1. The quantitative estimate of drug-likeness (QED) is 0.0243. The first kappa shape index (κ1) is 73.0. The Bertz CT molecular complexity index is 1260. The lowest BCUT2D eigenvalue weighted by Gasteiger charge is -2.25. The lowest BCUT2D eigenvalue weighted by molar-refractivity contribution is -0.870. The molecule has 0 saturated carbocycles. The third-order valence-corrected chi connectivity index (χ3v) is 16.1. The number of aliphatic hydroxyl groups excluding tert-OH is 1. The van der Waals surface area contributed by atoms with Crippen LogP contribution in [0, 0.1) is 0 Å². The van der Waals surface area contributed by atoms with Gasteiger partial charge in [-0.05, 0) is 44.9 Å². The molecule has 440 valence electrons. The SMILES string of the molecule is CCCCCCCCCCCCCC/C=C\CCCCCCCCCCCCCCCCCCCC(=O)NC(COP(=O)(O)OCC[N+](C)(C)C)C(O)/C=C/CCCCCCCCCCCCCCCCCCC. The Morgan fingerprint density at radius 2 is 0.730 bits per heavy atom. The number of rotatable bonds is 61. The summed E-state index contributed by atoms with van der Waals surface area (Å²) in [5.74, 6) is -0.170. The van der Waals surface area contributed by atoms with Crippen molar-refractivity contribution < 1.29 is 32.9 Å². The lowest BCUT2D eigenvalue weighted by atomic mass is 10.0. The fourth-order valence-electron chi connectivity index (χ4n) is 10.0. The van der Waals surface area contributed by atoms with Crippen LogP contribution in [0.5, 0.6) is 0 Å². The number of amides is 1. The molecule has 3 N–H and O–H groups in total. The van der Waals surface area contributed by atoms with Gasteiger partial charge in [-0.15, -0.1) is 0 Å². The Hall–Kier alpha value is -1.02. The van der Waals surface area contributed by atoms with E-state index in [9.17, 15) is 19.4 Å². The zero-order chi connectivity index (χ0) is 54.2. The van der Waals surface area contributed by atoms with E-state index in [0.717, 1.165) is 32.1 Å². The number of hydrogen-bond donors (Lipinski definition) is 3. The molecule has 9 heteroatoms. The zero-order valence-corrected chi connectivity index (χ0v) is 51.3. The van der Waals surface area contributed by atoms with Gasteiger partial charge in [0.2, 0.25) is 5.91 Å². The Morgan fingerprint density at radius 1 is 0.446 bits per heavy atom. The van der Waals surface area contributed by atoms with Crippen LogP contribution < -0.4 is 5.32 Å². The van der Waals surface area contributed by atoms with Crippen molar-refractivity contribution in [2.75, 3.05) is 40.9 Å². The Kier molecular flexibility index (Phi) is 55.9. The second-order valence-corrected chi connectivity index (χ2v) is 25.3. The number of quaternary nitrogens is 1. The van der Waals surface area contributed by atoms with Crippen LogP contribution in [0.1, 0.15) is 335 Å². The van der Waals surface area contributed by atoms with Crippen molar-refractivity contribution in [3.63, 3.8) is 0 Å². The first-order valence-electron chi connectivity index (χ1n) is 32.7. The normalized spacial score (nSPS) is 13.9. The molecular formula is C65H130N2O6P+. The van der Waals surface area contributed by atoms with E-state index in [1.54, 1.807) is 6.08 Å². The number of allylic oxidation sites excluding steroid dienone is 3. The summed E-state index contributed by atoms with van der Waals surface area (Å²) in [6, 6.07) is -0.844. The van der Waals surface area contributed by atoms with E-state index in [2.05, 4.69) is 31.3 Å². The molecule has 0 aromatic rings. The average molecular weight is 1070 g/mol. The highest BCUT2D eigenvalue weighted by Gasteiger charge is 2.28. The molecular weight excluding hydrogens is 936 g/mol. The highest BCUT2D eigenvalue weighted by molar-refractivity contribution is 7.47. The number of aliphatic hydroxyl groups is 1. The minimum Gasteiger partial charge on any atom is -0.387 e. The average Bonchev–Trinajstić information content (AvgIpc) is 3.36. The molecule has 74 heavy (non-hydrogen) atoms. The van der Waals surface area contributed by atoms with Crippen LogP contribution >= 0.6 is 7.82 Å². The summed E-state index contributed by atoms with van der Waals surface area (Å²) in [6.45, 7) is 4.87. The molecule has 0 bridgehead atoms. The fourth-order valence-corrected chi connectivity index (χ4v) is 10.8. The number of phosphoric ester groups is 1. The fraction of sp³-hybridized carbons (Fsp3) is 0.923. The van der Waals surface area contributed by atoms with Gasteiger partial charge in [-0.1, -0.05) is 308 Å². The maximum Gasteiger partial charge on any atom is 0.472 e. The van der Waals surface area contributed by atoms with Gasteiger partial charge in [-0.2, -0.15) is 0 Å². The van der Waals surface area contributed by atoms with Gasteiger partial charge in [-0.25, -0.2) is 4.57 Å². The molecule has 0 aromatic heterocycles. The first-order valence-corrected chi connectivity index (χ1v) is 34.2. The van der Waals surface area contributed by atoms with Crippen molar-refractivity contribution in [1.29, 1.82) is 0 Å². The third-order valence-electron chi connectivity index (χ3n) is 15.2. The Labute approximate surface area is 462 Å². The largest absolute Gasteiger partial charge is 0.472 e. The molecule has 1 amide bonds. The monoisotopic (exact) mass is 1070 g/mol. The van der Waals surface area contributed by atoms with Gasteiger partial charge < -0.3 is 19.8 Å². The lowest BCUT2D eigenvalue weighted by Crippen LogP contribution is -2.45. The van der Waals surface area contributed by atoms with E-state index in [1.807, 2.05) is 27.2 Å². The highest BCUT2D eigenvalue weighted by Crippen LogP contribution is 2.43. The number of nitrogens with zero attached hydrogens (tertiary/aromatic N) is 1. The van der Waals surface area contributed by atoms with Crippen LogP contribution in [0.3, 0.4) is 0 Å². The summed E-state index contributed by atoms with van der Waals surface area (Å²) >= 11 is 0. The predicted octanol–water partition coefficient (Wildman–Crippen LogP) is 20.3. The zero-order valence-electron chi connectivity index (χ0n) is 50.4. The number of likely N-dealkylation sites (N-methyl/N-ethyl adjacent to an activating group) is 1. The molecule has 0 rings (SSSR count). The minimum atomic E-state index is -4.35. The molecule has 3 atom stereocenters. The number of carbonyl (C=O) groups excluding carboxylic acids is 1. The van der Waals surface area contributed by atoms with Crippen LogP contribution in [0.2, 0.25) is 0 Å². The Morgan fingerprint density at radius 3 is 1.04 bits per heavy atom. The van der Waals surface area contributed by atoms with Crippen LogP contribution in [0.15, 0.2) is 24.3 Å². The highest BCUT2D eigenvalue weighted by atomic mass is 31.2. The van der Waals surface area contributed by atoms with E-state index >= 15 is 0 Å². The maximum absolute atomic E-state index is 13.0. The van der Waals surface area contributed by atoms with Crippen molar-refractivity contribution in [3.05, 3.63) is 24.3 Å². The number of nitrogens with one attached hydrogen (secondary N) is 1. The smallest absolute Gasteiger partial charge is 0.387 e. The van der Waals surface area contributed by atoms with Crippen molar-refractivity contribution in [2.45, 2.75) is 347 Å². The third kappa shape index (κ3) is 58.7. The minimum absolute atomic E-state index is 0.0641. The van der Waals surface area contributed by atoms with E-state index in [-0.39, 0.29) is 19.1 Å². The van der Waals surface area contributed by atoms with E-state index in [1.165, 1.54) is 283 Å². The summed E-state index contributed by atoms with van der Waals surface area (Å²) in [5.41, 5.74) is 0. The molecule has 0 spiro atoms. The van der Waals surface area contributed by atoms with Crippen LogP contribution in [0.25, 0.3) is 0 Å². The van der Waals surface area contributed by atoms with Crippen molar-refractivity contribution >= 4 is 13.7 Å². The van der Waals surface area contributed by atoms with Crippen molar-refractivity contribution in [3.8, 4) is 0 Å². The molecule has 0 heterocycles. The number of carbonyl (C=O) groups is 1. The standard InChI is InChI=1S/C65H129N2O6P/c1-6-8-10-12-14-16-18-20-22-24-26-27-28-29-30-31-32-33-34-35-36-37-38-39-41-43-45-47-49-51-53-55-57-59-65(69)66-63(62-73-74(70,71)72-61-60-67(3,4)5)64(68)58-56-54-52-50-48-46-44-42-40-25-23-21-19-17-15-13-11-9-7-2/h29-30,56,58,63-64,68H,6-28,31-55,57,59-62H2,1-5H3,(H-,66,69,70,71)/p+1/b30-29-,58-56+. The van der Waals surface area contributed by atoms with Crippen molar-refractivity contribution in [1.82, 2.24) is 5.32 Å². The van der Waals surface area contributed by atoms with Crippen LogP contribution in [-0.2, 0) is 18.4 Å². The molecule has 0 aliphatic heterocycles. The summed E-state index contributed by atoms with van der Waals surface area (Å²) in [5, 5.41) is 14.0. The van der Waals surface area contributed by atoms with Gasteiger partial charge in [0.05, 0.1) is 39.9 Å². The molecule has 0 saturated heterocycles. The van der Waals surface area contributed by atoms with E-state index < -0.39 is 20.0 Å². The number of unbranched alkanes of at least 4 members (excludes halogenated alkanes) is 46. The second-order valence-electron chi connectivity index (χ2n) is 23.8. The predicted molar refractivity (Wildman–Crippen MR) is 323 cm³/mol. The van der Waals surface area contributed by atoms with Gasteiger partial charge >= 0.3 is 7.82 Å². The molecule has 3 unspecified atom stereocenters.